The van der Waals surface area contributed by atoms with Crippen LogP contribution >= 0.6 is 15.9 Å². The maximum Gasteiger partial charge on any atom is 0.0311 e. The van der Waals surface area contributed by atoms with Crippen molar-refractivity contribution in [1.82, 2.24) is 0 Å². The summed E-state index contributed by atoms with van der Waals surface area (Å²) in [5.74, 6) is 0. The van der Waals surface area contributed by atoms with Crippen molar-refractivity contribution >= 4 is 15.9 Å². The summed E-state index contributed by atoms with van der Waals surface area (Å²) in [6, 6.07) is 0. The lowest BCUT2D eigenvalue weighted by Crippen LogP contribution is -2.02. The van der Waals surface area contributed by atoms with Crippen molar-refractivity contribution in [3.05, 3.63) is 21.8 Å². The molecule has 0 amide bonds. The van der Waals surface area contributed by atoms with Gasteiger partial charge in [-0.25, -0.2) is 0 Å². The van der Waals surface area contributed by atoms with Crippen molar-refractivity contribution < 1.29 is 0 Å². The van der Waals surface area contributed by atoms with Crippen LogP contribution in [0, 0.1) is 0 Å². The van der Waals surface area contributed by atoms with Gasteiger partial charge in [-0.05, 0) is 35.9 Å². The third-order valence-electron chi connectivity index (χ3n) is 1.54. The van der Waals surface area contributed by atoms with Crippen LogP contribution in [0.1, 0.15) is 19.8 Å². The second-order valence-electron chi connectivity index (χ2n) is 2.33. The van der Waals surface area contributed by atoms with E-state index in [2.05, 4.69) is 22.9 Å². The Bertz CT molecular complexity index is 179. The minimum atomic E-state index is 0.924. The highest BCUT2D eigenvalue weighted by Gasteiger charge is 2.03. The molecule has 0 aromatic carbocycles. The summed E-state index contributed by atoms with van der Waals surface area (Å²) < 4.78 is 1.21. The number of hydrogen-bond donors (Lipinski definition) is 1. The number of nitrogens with two attached hydrogens (primary N) is 1. The van der Waals surface area contributed by atoms with Crippen LogP contribution in [-0.2, 0) is 0 Å². The van der Waals surface area contributed by atoms with Crippen LogP contribution < -0.4 is 5.73 Å². The van der Waals surface area contributed by atoms with Crippen LogP contribution in [0.25, 0.3) is 0 Å². The summed E-state index contributed by atoms with van der Waals surface area (Å²) in [6.45, 7) is 2.07. The van der Waals surface area contributed by atoms with Crippen molar-refractivity contribution in [2.24, 2.45) is 5.73 Å². The second kappa shape index (κ2) is 2.56. The van der Waals surface area contributed by atoms with E-state index in [0.29, 0.717) is 0 Å². The molecule has 0 atom stereocenters. The zero-order chi connectivity index (χ0) is 6.85. The molecule has 1 aliphatic carbocycles. The van der Waals surface area contributed by atoms with Crippen LogP contribution in [-0.4, -0.2) is 0 Å². The molecule has 0 radical (unpaired) electrons. The standard InChI is InChI=1S/C7H10BrN/c1-5-2-3-6(8)4-7(5)9/h4H,2-3,9H2,1H3. The lowest BCUT2D eigenvalue weighted by atomic mass is 10.0. The van der Waals surface area contributed by atoms with E-state index in [1.165, 1.54) is 10.1 Å². The van der Waals surface area contributed by atoms with Gasteiger partial charge in [-0.15, -0.1) is 0 Å². The van der Waals surface area contributed by atoms with Crippen molar-refractivity contribution in [3.8, 4) is 0 Å². The highest BCUT2D eigenvalue weighted by molar-refractivity contribution is 9.11. The molecule has 0 heterocycles. The van der Waals surface area contributed by atoms with E-state index < -0.39 is 0 Å². The maximum absolute atomic E-state index is 5.64. The first-order valence-corrected chi connectivity index (χ1v) is 3.81. The van der Waals surface area contributed by atoms with Crippen LogP contribution in [0.15, 0.2) is 21.8 Å². The SMILES string of the molecule is CC1=C(N)C=C(Br)CC1. The van der Waals surface area contributed by atoms with E-state index in [1.807, 2.05) is 6.08 Å². The summed E-state index contributed by atoms with van der Waals surface area (Å²) in [5, 5.41) is 0. The van der Waals surface area contributed by atoms with Gasteiger partial charge in [-0.3, -0.25) is 0 Å². The Morgan fingerprint density at radius 2 is 2.22 bits per heavy atom. The molecule has 50 valence electrons. The summed E-state index contributed by atoms with van der Waals surface area (Å²) in [5.41, 5.74) is 7.87. The minimum Gasteiger partial charge on any atom is -0.399 e. The molecular formula is C7H10BrN. The number of rotatable bonds is 0. The molecular weight excluding hydrogens is 178 g/mol. The van der Waals surface area contributed by atoms with Gasteiger partial charge < -0.3 is 5.73 Å². The first-order valence-electron chi connectivity index (χ1n) is 3.01. The van der Waals surface area contributed by atoms with Crippen molar-refractivity contribution in [1.29, 1.82) is 0 Å². The molecule has 2 N–H and O–H groups in total. The third-order valence-corrected chi connectivity index (χ3v) is 2.17. The van der Waals surface area contributed by atoms with E-state index in [9.17, 15) is 0 Å². The third kappa shape index (κ3) is 1.58. The van der Waals surface area contributed by atoms with Crippen LogP contribution in [0.5, 0.6) is 0 Å². The summed E-state index contributed by atoms with van der Waals surface area (Å²) >= 11 is 3.40. The highest BCUT2D eigenvalue weighted by Crippen LogP contribution is 2.24. The second-order valence-corrected chi connectivity index (χ2v) is 3.35. The van der Waals surface area contributed by atoms with Gasteiger partial charge in [-0.1, -0.05) is 15.9 Å². The quantitative estimate of drug-likeness (QED) is 0.620. The minimum absolute atomic E-state index is 0.924. The van der Waals surface area contributed by atoms with Crippen LogP contribution in [0.4, 0.5) is 0 Å². The molecule has 0 aliphatic heterocycles. The monoisotopic (exact) mass is 187 g/mol. The van der Waals surface area contributed by atoms with Crippen LogP contribution in [0.3, 0.4) is 0 Å². The average Bonchev–Trinajstić information content (AvgIpc) is 1.80. The lowest BCUT2D eigenvalue weighted by molar-refractivity contribution is 0.925. The Labute approximate surface area is 63.8 Å². The molecule has 0 aromatic rings. The van der Waals surface area contributed by atoms with Crippen molar-refractivity contribution in [2.45, 2.75) is 19.8 Å². The van der Waals surface area contributed by atoms with E-state index in [1.54, 1.807) is 0 Å². The van der Waals surface area contributed by atoms with E-state index in [0.717, 1.165) is 18.5 Å². The zero-order valence-electron chi connectivity index (χ0n) is 5.45. The zero-order valence-corrected chi connectivity index (χ0v) is 7.03. The largest absolute Gasteiger partial charge is 0.399 e. The molecule has 0 aromatic heterocycles. The average molecular weight is 188 g/mol. The predicted molar refractivity (Wildman–Crippen MR) is 43.1 cm³/mol. The molecule has 1 nitrogen and oxygen atoms in total. The normalized spacial score (nSPS) is 20.0. The maximum atomic E-state index is 5.64. The highest BCUT2D eigenvalue weighted by atomic mass is 79.9. The molecule has 2 heteroatoms. The Morgan fingerprint density at radius 1 is 1.56 bits per heavy atom. The molecule has 1 rings (SSSR count). The summed E-state index contributed by atoms with van der Waals surface area (Å²) in [4.78, 5) is 0. The predicted octanol–water partition coefficient (Wildman–Crippen LogP) is 2.29. The number of allylic oxidation sites excluding steroid dienone is 3. The summed E-state index contributed by atoms with van der Waals surface area (Å²) in [7, 11) is 0. The van der Waals surface area contributed by atoms with E-state index in [-0.39, 0.29) is 0 Å². The molecule has 1 aliphatic rings. The van der Waals surface area contributed by atoms with Gasteiger partial charge in [0, 0.05) is 5.70 Å². The Hall–Kier alpha value is -0.240. The topological polar surface area (TPSA) is 26.0 Å². The Balaban J connectivity index is 2.83. The van der Waals surface area contributed by atoms with Gasteiger partial charge in [-0.2, -0.15) is 0 Å². The molecule has 0 spiro atoms. The number of halogens is 1. The fraction of sp³-hybridized carbons (Fsp3) is 0.429. The van der Waals surface area contributed by atoms with Crippen molar-refractivity contribution in [2.75, 3.05) is 0 Å². The van der Waals surface area contributed by atoms with Gasteiger partial charge in [0.25, 0.3) is 0 Å². The van der Waals surface area contributed by atoms with Gasteiger partial charge in [0.1, 0.15) is 0 Å². The fourth-order valence-electron chi connectivity index (χ4n) is 0.815. The molecule has 0 unspecified atom stereocenters. The molecule has 0 bridgehead atoms. The first kappa shape index (κ1) is 6.87. The molecule has 0 saturated carbocycles. The summed E-state index contributed by atoms with van der Waals surface area (Å²) in [6.07, 6.45) is 4.19. The van der Waals surface area contributed by atoms with E-state index >= 15 is 0 Å². The molecule has 0 saturated heterocycles. The van der Waals surface area contributed by atoms with Gasteiger partial charge in [0.2, 0.25) is 0 Å². The molecule has 0 fully saturated rings. The van der Waals surface area contributed by atoms with E-state index in [4.69, 9.17) is 5.73 Å². The number of hydrogen-bond acceptors (Lipinski definition) is 1. The molecule has 9 heavy (non-hydrogen) atoms. The van der Waals surface area contributed by atoms with Gasteiger partial charge >= 0.3 is 0 Å². The van der Waals surface area contributed by atoms with Gasteiger partial charge in [0.15, 0.2) is 0 Å². The fourth-order valence-corrected chi connectivity index (χ4v) is 1.26. The smallest absolute Gasteiger partial charge is 0.0311 e. The lowest BCUT2D eigenvalue weighted by Gasteiger charge is -2.09. The van der Waals surface area contributed by atoms with Crippen LogP contribution in [0.2, 0.25) is 0 Å². The Kier molecular flexibility index (Phi) is 1.96. The first-order chi connectivity index (χ1) is 4.20. The van der Waals surface area contributed by atoms with Crippen molar-refractivity contribution in [3.63, 3.8) is 0 Å². The van der Waals surface area contributed by atoms with Gasteiger partial charge in [0.05, 0.1) is 0 Å². The Morgan fingerprint density at radius 3 is 2.67 bits per heavy atom.